The van der Waals surface area contributed by atoms with E-state index in [9.17, 15) is 22.8 Å². The Bertz CT molecular complexity index is 1280. The summed E-state index contributed by atoms with van der Waals surface area (Å²) in [4.78, 5) is 22.9. The number of alkyl halides is 3. The van der Waals surface area contributed by atoms with Crippen molar-refractivity contribution in [2.75, 3.05) is 0 Å². The lowest BCUT2D eigenvalue weighted by Crippen LogP contribution is -2.37. The van der Waals surface area contributed by atoms with Gasteiger partial charge in [-0.2, -0.15) is 18.4 Å². The predicted molar refractivity (Wildman–Crippen MR) is 113 cm³/mol. The van der Waals surface area contributed by atoms with Gasteiger partial charge in [-0.3, -0.25) is 20.4 Å². The van der Waals surface area contributed by atoms with Crippen LogP contribution in [0.2, 0.25) is 0 Å². The fourth-order valence-electron chi connectivity index (χ4n) is 3.36. The molecule has 34 heavy (non-hydrogen) atoms. The highest BCUT2D eigenvalue weighted by Crippen LogP contribution is 2.37. The molecule has 2 aromatic carbocycles. The molecule has 2 amide bonds. The second-order valence-corrected chi connectivity index (χ2v) is 7.60. The zero-order chi connectivity index (χ0) is 25.1. The third kappa shape index (κ3) is 4.83. The lowest BCUT2D eigenvalue weighted by Gasteiger charge is -2.27. The van der Waals surface area contributed by atoms with E-state index in [0.29, 0.717) is 0 Å². The molecule has 0 aliphatic heterocycles. The average Bonchev–Trinajstić information content (AvgIpc) is 3.19. The van der Waals surface area contributed by atoms with Crippen LogP contribution >= 0.6 is 0 Å². The average molecular weight is 472 g/mol. The number of carbonyl (C=O) groups excluding carboxylic acids is 2. The summed E-state index contributed by atoms with van der Waals surface area (Å²) in [6.45, 7) is 3.19. The number of hydrogen-bond donors (Lipinski definition) is 2. The summed E-state index contributed by atoms with van der Waals surface area (Å²) in [5.41, 5.74) is 2.00. The maximum Gasteiger partial charge on any atom is 0.417 e. The summed E-state index contributed by atoms with van der Waals surface area (Å²) in [5, 5.41) is 17.2. The Morgan fingerprint density at radius 3 is 2.53 bits per heavy atom. The van der Waals surface area contributed by atoms with Gasteiger partial charge in [-0.15, -0.1) is 10.2 Å². The van der Waals surface area contributed by atoms with E-state index in [0.717, 1.165) is 6.07 Å². The van der Waals surface area contributed by atoms with Gasteiger partial charge in [0.1, 0.15) is 5.75 Å². The van der Waals surface area contributed by atoms with Crippen LogP contribution < -0.4 is 15.6 Å². The second-order valence-electron chi connectivity index (χ2n) is 7.60. The lowest BCUT2D eigenvalue weighted by atomic mass is 10.1. The fraction of sp³-hybridized carbons (Fsp3) is 0.227. The van der Waals surface area contributed by atoms with Crippen molar-refractivity contribution in [3.05, 3.63) is 65.0 Å². The third-order valence-corrected chi connectivity index (χ3v) is 4.85. The molecule has 1 heterocycles. The minimum Gasteiger partial charge on any atom is -0.479 e. The zero-order valence-electron chi connectivity index (χ0n) is 18.3. The zero-order valence-corrected chi connectivity index (χ0v) is 18.3. The highest BCUT2D eigenvalue weighted by atomic mass is 19.4. The minimum atomic E-state index is -4.59. The van der Waals surface area contributed by atoms with E-state index >= 15 is 0 Å². The van der Waals surface area contributed by atoms with Gasteiger partial charge in [-0.25, -0.2) is 0 Å². The van der Waals surface area contributed by atoms with Crippen molar-refractivity contribution in [1.82, 2.24) is 25.6 Å². The number of benzene rings is 2. The van der Waals surface area contributed by atoms with Gasteiger partial charge in [0.2, 0.25) is 6.41 Å². The largest absolute Gasteiger partial charge is 0.479 e. The molecule has 9 nitrogen and oxygen atoms in total. The van der Waals surface area contributed by atoms with Crippen LogP contribution in [0.15, 0.2) is 42.5 Å². The number of nitrogens with zero attached hydrogens (tertiary/aromatic N) is 4. The first-order chi connectivity index (χ1) is 16.0. The molecular formula is C22H19F3N6O3. The minimum absolute atomic E-state index is 0.0208. The normalized spacial score (nSPS) is 11.4. The number of halogens is 3. The Hall–Kier alpha value is -4.40. The molecular weight excluding hydrogens is 453 g/mol. The molecule has 0 bridgehead atoms. The Morgan fingerprint density at radius 1 is 1.18 bits per heavy atom. The molecule has 0 spiro atoms. The van der Waals surface area contributed by atoms with E-state index in [1.165, 1.54) is 48.0 Å². The Labute approximate surface area is 192 Å². The van der Waals surface area contributed by atoms with Crippen molar-refractivity contribution in [2.45, 2.75) is 25.6 Å². The van der Waals surface area contributed by atoms with Crippen LogP contribution in [0.4, 0.5) is 13.2 Å². The van der Waals surface area contributed by atoms with Crippen LogP contribution in [-0.4, -0.2) is 27.1 Å². The van der Waals surface area contributed by atoms with Crippen LogP contribution in [0, 0.1) is 11.3 Å². The number of ether oxygens (including phenoxy) is 1. The van der Waals surface area contributed by atoms with E-state index in [-0.39, 0.29) is 40.5 Å². The first-order valence-electron chi connectivity index (χ1n) is 9.78. The van der Waals surface area contributed by atoms with Gasteiger partial charge in [-0.1, -0.05) is 18.2 Å². The van der Waals surface area contributed by atoms with E-state index in [4.69, 9.17) is 10.00 Å². The monoisotopic (exact) mass is 472 g/mol. The number of nitriles is 1. The molecule has 0 aliphatic rings. The van der Waals surface area contributed by atoms with Crippen molar-refractivity contribution < 1.29 is 27.5 Å². The maximum atomic E-state index is 13.5. The van der Waals surface area contributed by atoms with E-state index < -0.39 is 23.2 Å². The van der Waals surface area contributed by atoms with Gasteiger partial charge in [0.05, 0.1) is 22.8 Å². The van der Waals surface area contributed by atoms with Gasteiger partial charge in [-0.05, 0) is 38.1 Å². The fourth-order valence-corrected chi connectivity index (χ4v) is 3.36. The summed E-state index contributed by atoms with van der Waals surface area (Å²) in [7, 11) is 1.50. The van der Waals surface area contributed by atoms with Gasteiger partial charge in [0.15, 0.2) is 17.2 Å². The van der Waals surface area contributed by atoms with Crippen molar-refractivity contribution in [3.8, 4) is 23.2 Å². The summed E-state index contributed by atoms with van der Waals surface area (Å²) in [5.74, 6) is -0.531. The number of carbonyl (C=O) groups is 2. The summed E-state index contributed by atoms with van der Waals surface area (Å²) >= 11 is 0. The molecule has 0 fully saturated rings. The quantitative estimate of drug-likeness (QED) is 0.403. The second kappa shape index (κ2) is 9.22. The number of hydrogen-bond acceptors (Lipinski definition) is 6. The molecule has 3 aromatic rings. The number of aromatic nitrogens is 3. The van der Waals surface area contributed by atoms with Crippen molar-refractivity contribution in [2.24, 2.45) is 7.05 Å². The molecule has 12 heteroatoms. The summed E-state index contributed by atoms with van der Waals surface area (Å²) in [6, 6.07) is 11.0. The first kappa shape index (κ1) is 24.2. The highest BCUT2D eigenvalue weighted by Gasteiger charge is 2.36. The SMILES string of the molecule is Cn1c(-c2ccccc2C(F)(F)F)nnc1C(C)(C)Oc1ccc(C#N)cc1C(=O)NNC=O. The molecule has 0 unspecified atom stereocenters. The van der Waals surface area contributed by atoms with Crippen LogP contribution in [0.25, 0.3) is 11.4 Å². The number of hydrazine groups is 1. The summed E-state index contributed by atoms with van der Waals surface area (Å²) < 4.78 is 47.9. The van der Waals surface area contributed by atoms with Crippen LogP contribution in [-0.2, 0) is 23.6 Å². The van der Waals surface area contributed by atoms with Crippen molar-refractivity contribution >= 4 is 12.3 Å². The molecule has 0 aliphatic carbocycles. The molecule has 3 rings (SSSR count). The van der Waals surface area contributed by atoms with Crippen LogP contribution in [0.1, 0.15) is 41.2 Å². The first-order valence-corrected chi connectivity index (χ1v) is 9.78. The topological polar surface area (TPSA) is 122 Å². The van der Waals surface area contributed by atoms with Gasteiger partial charge in [0, 0.05) is 12.6 Å². The Kier molecular flexibility index (Phi) is 6.58. The highest BCUT2D eigenvalue weighted by molar-refractivity contribution is 5.97. The van der Waals surface area contributed by atoms with Crippen molar-refractivity contribution in [1.29, 1.82) is 5.26 Å². The maximum absolute atomic E-state index is 13.5. The lowest BCUT2D eigenvalue weighted by molar-refractivity contribution is -0.137. The third-order valence-electron chi connectivity index (χ3n) is 4.85. The molecule has 0 atom stereocenters. The summed E-state index contributed by atoms with van der Waals surface area (Å²) in [6.07, 6.45) is -4.33. The molecule has 1 aromatic heterocycles. The van der Waals surface area contributed by atoms with Gasteiger partial charge in [0.25, 0.3) is 5.91 Å². The predicted octanol–water partition coefficient (Wildman–Crippen LogP) is 3.08. The Morgan fingerprint density at radius 2 is 1.88 bits per heavy atom. The molecule has 0 saturated heterocycles. The number of amides is 2. The smallest absolute Gasteiger partial charge is 0.417 e. The molecule has 2 N–H and O–H groups in total. The van der Waals surface area contributed by atoms with E-state index in [1.807, 2.05) is 11.5 Å². The van der Waals surface area contributed by atoms with Crippen LogP contribution in [0.5, 0.6) is 5.75 Å². The van der Waals surface area contributed by atoms with E-state index in [2.05, 4.69) is 15.6 Å². The molecule has 0 radical (unpaired) electrons. The van der Waals surface area contributed by atoms with Gasteiger partial charge >= 0.3 is 6.18 Å². The van der Waals surface area contributed by atoms with Crippen LogP contribution in [0.3, 0.4) is 0 Å². The van der Waals surface area contributed by atoms with Gasteiger partial charge < -0.3 is 9.30 Å². The Balaban J connectivity index is 2.02. The number of rotatable bonds is 7. The molecule has 176 valence electrons. The molecule has 0 saturated carbocycles. The van der Waals surface area contributed by atoms with Crippen molar-refractivity contribution in [3.63, 3.8) is 0 Å². The standard InChI is InChI=1S/C22H19F3N6O3/c1-21(2,34-17-9-8-13(11-26)10-15(17)19(33)29-27-12-32)20-30-28-18(31(20)3)14-6-4-5-7-16(14)22(23,24)25/h4-10,12H,1-3H3,(H,27,32)(H,29,33). The number of nitrogens with one attached hydrogen (secondary N) is 2. The van der Waals surface area contributed by atoms with E-state index in [1.54, 1.807) is 13.8 Å².